The van der Waals surface area contributed by atoms with Gasteiger partial charge >= 0.3 is 0 Å². The van der Waals surface area contributed by atoms with Gasteiger partial charge < -0.3 is 25.2 Å². The van der Waals surface area contributed by atoms with Gasteiger partial charge in [-0.1, -0.05) is 40.2 Å². The van der Waals surface area contributed by atoms with E-state index in [-0.39, 0.29) is 36.8 Å². The van der Waals surface area contributed by atoms with Crippen molar-refractivity contribution in [3.8, 4) is 11.8 Å². The topological polar surface area (TPSA) is 115 Å². The largest absolute Gasteiger partial charge is 0.496 e. The van der Waals surface area contributed by atoms with Gasteiger partial charge in [0.2, 0.25) is 5.91 Å². The molecule has 0 bridgehead atoms. The number of nitriles is 1. The lowest BCUT2D eigenvalue weighted by Crippen LogP contribution is -2.55. The van der Waals surface area contributed by atoms with Crippen LogP contribution in [0.4, 0.5) is 11.4 Å². The zero-order chi connectivity index (χ0) is 33.2. The molecule has 4 aromatic rings. The van der Waals surface area contributed by atoms with Crippen molar-refractivity contribution in [3.05, 3.63) is 100 Å². The van der Waals surface area contributed by atoms with Crippen molar-refractivity contribution in [3.63, 3.8) is 0 Å². The zero-order valence-electron chi connectivity index (χ0n) is 26.8. The van der Waals surface area contributed by atoms with Gasteiger partial charge in [0.25, 0.3) is 11.8 Å². The molecule has 0 saturated heterocycles. The molecule has 0 saturated carbocycles. The number of rotatable bonds is 7. The van der Waals surface area contributed by atoms with Crippen LogP contribution >= 0.6 is 28.3 Å². The fraction of sp³-hybridized carbons (Fsp3) is 0.212. The molecule has 0 unspecified atom stereocenters. The highest BCUT2D eigenvalue weighted by Crippen LogP contribution is 2.38. The Bertz CT molecular complexity index is 1870. The number of halogens is 2. The Labute approximate surface area is 274 Å². The number of nitrogens with one attached hydrogen (secondary N) is 2. The molecule has 11 heteroatoms. The summed E-state index contributed by atoms with van der Waals surface area (Å²) in [5, 5.41) is 16.3. The molecule has 2 atom stereocenters. The van der Waals surface area contributed by atoms with Crippen LogP contribution < -0.4 is 25.2 Å². The van der Waals surface area contributed by atoms with E-state index in [0.717, 1.165) is 9.86 Å². The van der Waals surface area contributed by atoms with Gasteiger partial charge in [-0.05, 0) is 79.3 Å². The molecular formula is C33H31BrClN5O4. The van der Waals surface area contributed by atoms with E-state index < -0.39 is 36.8 Å². The number of para-hydroxylation sites is 2. The molecule has 1 heterocycles. The van der Waals surface area contributed by atoms with Crippen molar-refractivity contribution >= 4 is 68.2 Å². The van der Waals surface area contributed by atoms with E-state index in [0.29, 0.717) is 27.9 Å². The van der Waals surface area contributed by atoms with Crippen LogP contribution in [0.5, 0.6) is 5.75 Å². The quantitative estimate of drug-likeness (QED) is 0.278. The lowest BCUT2D eigenvalue weighted by atomic mass is 10.0. The molecule has 4 aromatic carbocycles. The number of nitrogens with zero attached hydrogens (tertiary/aromatic N) is 3. The van der Waals surface area contributed by atoms with Crippen LogP contribution in [-0.2, 0) is 16.1 Å². The first-order chi connectivity index (χ1) is 21.9. The van der Waals surface area contributed by atoms with Crippen LogP contribution in [0.3, 0.4) is 0 Å². The van der Waals surface area contributed by atoms with E-state index in [1.807, 2.05) is 24.3 Å². The van der Waals surface area contributed by atoms with Crippen LogP contribution in [0.2, 0.25) is 0 Å². The first kappa shape index (κ1) is 28.3. The highest BCUT2D eigenvalue weighted by atomic mass is 79.9. The maximum atomic E-state index is 14.5. The van der Waals surface area contributed by atoms with E-state index >= 15 is 0 Å². The molecular weight excluding hydrogens is 646 g/mol. The van der Waals surface area contributed by atoms with Crippen molar-refractivity contribution in [2.75, 3.05) is 30.4 Å². The molecule has 2 N–H and O–H groups in total. The second kappa shape index (κ2) is 13.9. The number of carbonyl (C=O) groups is 3. The predicted molar refractivity (Wildman–Crippen MR) is 176 cm³/mol. The molecule has 0 aromatic heterocycles. The van der Waals surface area contributed by atoms with Crippen molar-refractivity contribution < 1.29 is 23.2 Å². The Morgan fingerprint density at radius 1 is 1.11 bits per heavy atom. The van der Waals surface area contributed by atoms with Crippen molar-refractivity contribution in [2.24, 2.45) is 0 Å². The standard InChI is InChI=1S/C33H30BrN5O4.ClH/c1-20(36-2)31(40)37-27-19-39(32(41)22-10-8-21(17-35)9-11-22)29-7-5-4-6-28(29)38(33(27)42)18-26-25-14-13-24(34)16-23(25)12-15-30(26)43-3;/h4-16,20,27,36H,18-19H2,1-3H3,(H,37,40);1H/t20-,27-;/m0./s1/i3D3;. The number of likely N-dealkylation sites (N-methyl/N-ethyl adjacent to an activating group) is 1. The van der Waals surface area contributed by atoms with Gasteiger partial charge in [-0.25, -0.2) is 0 Å². The monoisotopic (exact) mass is 678 g/mol. The van der Waals surface area contributed by atoms with Gasteiger partial charge in [0.05, 0.1) is 53.3 Å². The van der Waals surface area contributed by atoms with Crippen LogP contribution in [0.25, 0.3) is 10.8 Å². The summed E-state index contributed by atoms with van der Waals surface area (Å²) in [4.78, 5) is 44.5. The number of hydrogen-bond donors (Lipinski definition) is 2. The molecule has 3 amide bonds. The van der Waals surface area contributed by atoms with Crippen LogP contribution in [0, 0.1) is 11.3 Å². The first-order valence-electron chi connectivity index (χ1n) is 15.0. The van der Waals surface area contributed by atoms with Crippen LogP contribution in [0.15, 0.2) is 83.3 Å². The maximum absolute atomic E-state index is 14.5. The number of hydrogen-bond acceptors (Lipinski definition) is 6. The second-order valence-corrected chi connectivity index (χ2v) is 11.0. The molecule has 226 valence electrons. The molecule has 44 heavy (non-hydrogen) atoms. The van der Waals surface area contributed by atoms with E-state index in [9.17, 15) is 19.6 Å². The lowest BCUT2D eigenvalue weighted by Gasteiger charge is -2.27. The molecule has 0 aliphatic carbocycles. The van der Waals surface area contributed by atoms with Crippen molar-refractivity contribution in [2.45, 2.75) is 25.6 Å². The van der Waals surface area contributed by atoms with E-state index in [1.165, 1.54) is 34.1 Å². The normalized spacial score (nSPS) is 16.3. The smallest absolute Gasteiger partial charge is 0.258 e. The van der Waals surface area contributed by atoms with E-state index in [1.54, 1.807) is 50.4 Å². The third-order valence-electron chi connectivity index (χ3n) is 7.52. The first-order valence-corrected chi connectivity index (χ1v) is 14.3. The Balaban J connectivity index is 0.00000500. The summed E-state index contributed by atoms with van der Waals surface area (Å²) in [5.74, 6) is -1.32. The lowest BCUT2D eigenvalue weighted by molar-refractivity contribution is -0.128. The summed E-state index contributed by atoms with van der Waals surface area (Å²) in [5.41, 5.74) is 1.89. The van der Waals surface area contributed by atoms with Crippen LogP contribution in [-0.4, -0.2) is 50.4 Å². The summed E-state index contributed by atoms with van der Waals surface area (Å²) in [7, 11) is -1.14. The number of amides is 3. The highest BCUT2D eigenvalue weighted by Gasteiger charge is 2.38. The van der Waals surface area contributed by atoms with Crippen molar-refractivity contribution in [1.29, 1.82) is 5.26 Å². The minimum Gasteiger partial charge on any atom is -0.496 e. The minimum atomic E-state index is -2.76. The summed E-state index contributed by atoms with van der Waals surface area (Å²) < 4.78 is 29.6. The van der Waals surface area contributed by atoms with Gasteiger partial charge in [-0.15, -0.1) is 12.4 Å². The average molecular weight is 680 g/mol. The van der Waals surface area contributed by atoms with Crippen molar-refractivity contribution in [1.82, 2.24) is 10.6 Å². The second-order valence-electron chi connectivity index (χ2n) is 10.1. The Hall–Kier alpha value is -4.43. The molecule has 9 nitrogen and oxygen atoms in total. The predicted octanol–water partition coefficient (Wildman–Crippen LogP) is 5.19. The number of carbonyl (C=O) groups excluding carboxylic acids is 3. The van der Waals surface area contributed by atoms with E-state index in [2.05, 4.69) is 26.6 Å². The molecule has 5 rings (SSSR count). The van der Waals surface area contributed by atoms with Gasteiger partial charge in [0.1, 0.15) is 11.8 Å². The molecule has 0 radical (unpaired) electrons. The van der Waals surface area contributed by atoms with Gasteiger partial charge in [-0.2, -0.15) is 5.26 Å². The average Bonchev–Trinajstić information content (AvgIpc) is 3.15. The number of fused-ring (bicyclic) bond motifs is 2. The van der Waals surface area contributed by atoms with Crippen LogP contribution in [0.1, 0.15) is 32.5 Å². The summed E-state index contributed by atoms with van der Waals surface area (Å²) in [6.45, 7) is 1.33. The third kappa shape index (κ3) is 6.40. The molecule has 1 aliphatic rings. The fourth-order valence-electron chi connectivity index (χ4n) is 5.08. The summed E-state index contributed by atoms with van der Waals surface area (Å²) in [6.07, 6.45) is 0. The third-order valence-corrected chi connectivity index (χ3v) is 8.01. The van der Waals surface area contributed by atoms with Gasteiger partial charge in [-0.3, -0.25) is 14.4 Å². The Morgan fingerprint density at radius 2 is 1.84 bits per heavy atom. The number of ether oxygens (including phenoxy) is 1. The Morgan fingerprint density at radius 3 is 2.52 bits per heavy atom. The summed E-state index contributed by atoms with van der Waals surface area (Å²) >= 11 is 3.48. The Kier molecular flexibility index (Phi) is 8.96. The highest BCUT2D eigenvalue weighted by molar-refractivity contribution is 9.10. The molecule has 0 spiro atoms. The minimum absolute atomic E-state index is 0. The fourth-order valence-corrected chi connectivity index (χ4v) is 5.46. The number of anilines is 2. The van der Waals surface area contributed by atoms with E-state index in [4.69, 9.17) is 8.85 Å². The number of methoxy groups -OCH3 is 1. The molecule has 1 aliphatic heterocycles. The SMILES string of the molecule is Cl.[2H]C([2H])([2H])Oc1ccc2cc(Br)ccc2c1CN1C(=O)[C@@H](NC(=O)[C@H](C)NC)CN(C(=O)c2ccc(C#N)cc2)c2ccccc21. The van der Waals surface area contributed by atoms with Gasteiger partial charge in [0, 0.05) is 15.6 Å². The molecule has 0 fully saturated rings. The number of benzene rings is 4. The zero-order valence-corrected chi connectivity index (χ0v) is 26.2. The maximum Gasteiger partial charge on any atom is 0.258 e. The van der Waals surface area contributed by atoms with Gasteiger partial charge in [0.15, 0.2) is 0 Å². The summed E-state index contributed by atoms with van der Waals surface area (Å²) in [6, 6.07) is 22.0.